The predicted octanol–water partition coefficient (Wildman–Crippen LogP) is 7.88. The number of phenolic OH excluding ortho intramolecular Hbond substituents is 1. The van der Waals surface area contributed by atoms with E-state index in [1.54, 1.807) is 6.07 Å². The standard InChI is InChI=1S/C35H44O3/c1-3-23-21-29(36)15-17-31(23)25-9-7-11-27(19-25)35(33-13-5-6-14-34(33)38)28-12-8-10-26(20-28)32-18-16-30(37)22-24(32)4-2/h5-14,19-20,23-24,29-32,35-38H,3-4,15-18,21-22H2,1-2H3. The van der Waals surface area contributed by atoms with Gasteiger partial charge in [0.1, 0.15) is 5.75 Å². The van der Waals surface area contributed by atoms with E-state index in [1.165, 1.54) is 22.3 Å². The molecule has 6 atom stereocenters. The molecule has 0 spiro atoms. The topological polar surface area (TPSA) is 60.7 Å². The summed E-state index contributed by atoms with van der Waals surface area (Å²) < 4.78 is 0. The van der Waals surface area contributed by atoms with Gasteiger partial charge in [0.15, 0.2) is 0 Å². The van der Waals surface area contributed by atoms with Crippen molar-refractivity contribution >= 4 is 0 Å². The van der Waals surface area contributed by atoms with E-state index in [-0.39, 0.29) is 18.1 Å². The predicted molar refractivity (Wildman–Crippen MR) is 155 cm³/mol. The van der Waals surface area contributed by atoms with Crippen LogP contribution in [0.4, 0.5) is 0 Å². The lowest BCUT2D eigenvalue weighted by molar-refractivity contribution is 0.0875. The number of benzene rings is 3. The van der Waals surface area contributed by atoms with Crippen molar-refractivity contribution in [1.29, 1.82) is 0 Å². The first-order valence-corrected chi connectivity index (χ1v) is 14.8. The Morgan fingerprint density at radius 2 is 1.16 bits per heavy atom. The van der Waals surface area contributed by atoms with Crippen LogP contribution >= 0.6 is 0 Å². The van der Waals surface area contributed by atoms with Crippen LogP contribution in [0.2, 0.25) is 0 Å². The van der Waals surface area contributed by atoms with E-state index >= 15 is 0 Å². The molecule has 3 nitrogen and oxygen atoms in total. The molecule has 0 amide bonds. The summed E-state index contributed by atoms with van der Waals surface area (Å²) in [4.78, 5) is 0. The van der Waals surface area contributed by atoms with Crippen LogP contribution in [0.3, 0.4) is 0 Å². The van der Waals surface area contributed by atoms with Crippen molar-refractivity contribution in [1.82, 2.24) is 0 Å². The quantitative estimate of drug-likeness (QED) is 0.282. The maximum atomic E-state index is 11.0. The van der Waals surface area contributed by atoms with Gasteiger partial charge in [0.05, 0.1) is 12.2 Å². The summed E-state index contributed by atoms with van der Waals surface area (Å²) >= 11 is 0. The summed E-state index contributed by atoms with van der Waals surface area (Å²) in [6.45, 7) is 4.48. The van der Waals surface area contributed by atoms with Crippen molar-refractivity contribution in [2.45, 2.75) is 95.2 Å². The van der Waals surface area contributed by atoms with E-state index in [1.807, 2.05) is 12.1 Å². The highest BCUT2D eigenvalue weighted by atomic mass is 16.3. The molecule has 2 aliphatic carbocycles. The lowest BCUT2D eigenvalue weighted by Gasteiger charge is -2.35. The van der Waals surface area contributed by atoms with Gasteiger partial charge in [-0.15, -0.1) is 0 Å². The zero-order valence-corrected chi connectivity index (χ0v) is 23.0. The first kappa shape index (κ1) is 27.0. The number of aliphatic hydroxyl groups excluding tert-OH is 2. The monoisotopic (exact) mass is 512 g/mol. The minimum atomic E-state index is -0.177. The Kier molecular flexibility index (Phi) is 8.55. The molecular formula is C35H44O3. The molecule has 3 N–H and O–H groups in total. The number of phenols is 1. The lowest BCUT2D eigenvalue weighted by Crippen LogP contribution is -2.26. The summed E-state index contributed by atoms with van der Waals surface area (Å²) in [5.74, 6) is 2.16. The molecule has 6 unspecified atom stereocenters. The highest BCUT2D eigenvalue weighted by Crippen LogP contribution is 2.44. The first-order chi connectivity index (χ1) is 18.5. The maximum Gasteiger partial charge on any atom is 0.119 e. The summed E-state index contributed by atoms with van der Waals surface area (Å²) in [6, 6.07) is 25.7. The maximum absolute atomic E-state index is 11.0. The number of hydrogen-bond acceptors (Lipinski definition) is 3. The van der Waals surface area contributed by atoms with E-state index < -0.39 is 0 Å². The van der Waals surface area contributed by atoms with E-state index in [4.69, 9.17) is 0 Å². The van der Waals surface area contributed by atoms with Crippen LogP contribution in [0, 0.1) is 11.8 Å². The van der Waals surface area contributed by atoms with Crippen molar-refractivity contribution in [3.63, 3.8) is 0 Å². The van der Waals surface area contributed by atoms with Gasteiger partial charge in [-0.2, -0.15) is 0 Å². The molecule has 0 heterocycles. The van der Waals surface area contributed by atoms with Crippen molar-refractivity contribution in [3.05, 3.63) is 101 Å². The molecule has 0 aliphatic heterocycles. The number of para-hydroxylation sites is 1. The van der Waals surface area contributed by atoms with Crippen molar-refractivity contribution in [2.75, 3.05) is 0 Å². The average molecular weight is 513 g/mol. The van der Waals surface area contributed by atoms with E-state index in [2.05, 4.69) is 68.4 Å². The van der Waals surface area contributed by atoms with Gasteiger partial charge >= 0.3 is 0 Å². The van der Waals surface area contributed by atoms with Crippen molar-refractivity contribution < 1.29 is 15.3 Å². The Morgan fingerprint density at radius 3 is 1.63 bits per heavy atom. The van der Waals surface area contributed by atoms with Gasteiger partial charge in [0.25, 0.3) is 0 Å². The molecule has 38 heavy (non-hydrogen) atoms. The van der Waals surface area contributed by atoms with Crippen LogP contribution in [-0.4, -0.2) is 27.5 Å². The molecule has 0 radical (unpaired) electrons. The molecule has 2 fully saturated rings. The molecule has 0 saturated heterocycles. The van der Waals surface area contributed by atoms with E-state index in [0.717, 1.165) is 56.9 Å². The third-order valence-electron chi connectivity index (χ3n) is 9.55. The minimum Gasteiger partial charge on any atom is -0.508 e. The molecule has 2 aliphatic rings. The number of aromatic hydroxyl groups is 1. The third kappa shape index (κ3) is 5.70. The summed E-state index contributed by atoms with van der Waals surface area (Å²) in [5.41, 5.74) is 6.04. The SMILES string of the molecule is CCC1CC(O)CCC1c1cccc(C(c2cccc(C3CCC(O)CC3CC)c2)c2ccccc2O)c1. The summed E-state index contributed by atoms with van der Waals surface area (Å²) in [6.07, 6.45) is 7.33. The minimum absolute atomic E-state index is 0.0698. The first-order valence-electron chi connectivity index (χ1n) is 14.8. The fraction of sp³-hybridized carbons (Fsp3) is 0.486. The van der Waals surface area contributed by atoms with E-state index in [9.17, 15) is 15.3 Å². The Balaban J connectivity index is 1.55. The molecule has 3 aromatic rings. The van der Waals surface area contributed by atoms with Gasteiger partial charge in [-0.25, -0.2) is 0 Å². The van der Waals surface area contributed by atoms with Crippen molar-refractivity contribution in [3.8, 4) is 5.75 Å². The molecule has 3 aromatic carbocycles. The third-order valence-corrected chi connectivity index (χ3v) is 9.55. The Bertz CT molecular complexity index is 1130. The Labute approximate surface area is 228 Å². The Morgan fingerprint density at radius 1 is 0.658 bits per heavy atom. The number of aliphatic hydroxyl groups is 2. The second-order valence-electron chi connectivity index (χ2n) is 11.8. The molecule has 202 valence electrons. The van der Waals surface area contributed by atoms with Crippen LogP contribution in [0.25, 0.3) is 0 Å². The van der Waals surface area contributed by atoms with Gasteiger partial charge in [-0.1, -0.05) is 93.4 Å². The Hall–Kier alpha value is -2.62. The van der Waals surface area contributed by atoms with Crippen molar-refractivity contribution in [2.24, 2.45) is 11.8 Å². The van der Waals surface area contributed by atoms with Gasteiger partial charge in [0.2, 0.25) is 0 Å². The van der Waals surface area contributed by atoms with Gasteiger partial charge in [-0.05, 0) is 90.5 Å². The molecular weight excluding hydrogens is 468 g/mol. The van der Waals surface area contributed by atoms with Gasteiger partial charge in [0, 0.05) is 11.5 Å². The van der Waals surface area contributed by atoms with Crippen LogP contribution in [0.5, 0.6) is 5.75 Å². The van der Waals surface area contributed by atoms with Gasteiger partial charge in [-0.3, -0.25) is 0 Å². The zero-order chi connectivity index (χ0) is 26.6. The number of rotatable bonds is 7. The van der Waals surface area contributed by atoms with E-state index in [0.29, 0.717) is 29.4 Å². The molecule has 0 bridgehead atoms. The largest absolute Gasteiger partial charge is 0.508 e. The second-order valence-corrected chi connectivity index (χ2v) is 11.8. The van der Waals surface area contributed by atoms with Crippen LogP contribution in [-0.2, 0) is 0 Å². The van der Waals surface area contributed by atoms with Crippen LogP contribution < -0.4 is 0 Å². The van der Waals surface area contributed by atoms with Gasteiger partial charge < -0.3 is 15.3 Å². The molecule has 2 saturated carbocycles. The molecule has 5 rings (SSSR count). The summed E-state index contributed by atoms with van der Waals surface area (Å²) in [7, 11) is 0. The fourth-order valence-electron chi connectivity index (χ4n) is 7.48. The summed E-state index contributed by atoms with van der Waals surface area (Å²) in [5, 5.41) is 31.6. The fourth-order valence-corrected chi connectivity index (χ4v) is 7.48. The second kappa shape index (κ2) is 12.1. The lowest BCUT2D eigenvalue weighted by atomic mass is 9.71. The molecule has 0 aromatic heterocycles. The normalized spacial score (nSPS) is 28.6. The van der Waals surface area contributed by atoms with Crippen LogP contribution in [0.15, 0.2) is 72.8 Å². The zero-order valence-electron chi connectivity index (χ0n) is 23.0. The highest BCUT2D eigenvalue weighted by molar-refractivity contribution is 5.50. The highest BCUT2D eigenvalue weighted by Gasteiger charge is 2.32. The average Bonchev–Trinajstić information content (AvgIpc) is 2.94. The molecule has 3 heteroatoms. The smallest absolute Gasteiger partial charge is 0.119 e. The van der Waals surface area contributed by atoms with Crippen LogP contribution in [0.1, 0.15) is 111 Å². The number of hydrogen-bond donors (Lipinski definition) is 3.